The predicted octanol–water partition coefficient (Wildman–Crippen LogP) is 5.22. The molecule has 0 fully saturated rings. The van der Waals surface area contributed by atoms with Gasteiger partial charge in [0.2, 0.25) is 0 Å². The molecule has 23 heavy (non-hydrogen) atoms. The van der Waals surface area contributed by atoms with Gasteiger partial charge in [0.1, 0.15) is 5.82 Å². The van der Waals surface area contributed by atoms with Crippen molar-refractivity contribution in [3.8, 4) is 11.4 Å². The molecule has 3 rings (SSSR count). The van der Waals surface area contributed by atoms with E-state index in [2.05, 4.69) is 10.2 Å². The molecule has 2 aromatic carbocycles. The van der Waals surface area contributed by atoms with Gasteiger partial charge in [-0.05, 0) is 24.3 Å². The molecule has 3 aromatic rings. The maximum atomic E-state index is 13.8. The summed E-state index contributed by atoms with van der Waals surface area (Å²) in [7, 11) is 1.85. The van der Waals surface area contributed by atoms with E-state index < -0.39 is 0 Å². The van der Waals surface area contributed by atoms with Gasteiger partial charge in [-0.25, -0.2) is 4.39 Å². The Morgan fingerprint density at radius 2 is 1.78 bits per heavy atom. The van der Waals surface area contributed by atoms with Crippen molar-refractivity contribution in [2.24, 2.45) is 7.05 Å². The van der Waals surface area contributed by atoms with Crippen LogP contribution in [0.25, 0.3) is 11.4 Å². The largest absolute Gasteiger partial charge is 0.305 e. The molecule has 1 heterocycles. The Hall–Kier alpha value is -1.56. The number of aromatic nitrogens is 3. The molecule has 0 N–H and O–H groups in total. The summed E-state index contributed by atoms with van der Waals surface area (Å²) in [5.74, 6) is 0.719. The molecule has 0 aliphatic carbocycles. The highest BCUT2D eigenvalue weighted by Gasteiger charge is 2.15. The smallest absolute Gasteiger partial charge is 0.191 e. The first-order valence-electron chi connectivity index (χ1n) is 6.78. The molecule has 3 nitrogen and oxygen atoms in total. The second kappa shape index (κ2) is 6.91. The zero-order valence-corrected chi connectivity index (χ0v) is 14.5. The van der Waals surface area contributed by atoms with Crippen molar-refractivity contribution in [1.29, 1.82) is 0 Å². The lowest BCUT2D eigenvalue weighted by Gasteiger charge is -2.07. The fourth-order valence-corrected chi connectivity index (χ4v) is 3.60. The Balaban J connectivity index is 1.85. The van der Waals surface area contributed by atoms with E-state index in [0.717, 1.165) is 5.56 Å². The van der Waals surface area contributed by atoms with Crippen molar-refractivity contribution in [3.63, 3.8) is 0 Å². The Bertz CT molecular complexity index is 831. The summed E-state index contributed by atoms with van der Waals surface area (Å²) >= 11 is 13.6. The maximum Gasteiger partial charge on any atom is 0.191 e. The molecule has 1 aromatic heterocycles. The minimum absolute atomic E-state index is 0.321. The highest BCUT2D eigenvalue weighted by molar-refractivity contribution is 7.98. The average Bonchev–Trinajstić information content (AvgIpc) is 2.88. The van der Waals surface area contributed by atoms with Crippen LogP contribution in [0.15, 0.2) is 47.6 Å². The van der Waals surface area contributed by atoms with Crippen LogP contribution in [-0.4, -0.2) is 14.8 Å². The first kappa shape index (κ1) is 16.3. The van der Waals surface area contributed by atoms with Crippen molar-refractivity contribution in [3.05, 3.63) is 63.9 Å². The number of halogens is 3. The molecule has 0 bridgehead atoms. The third-order valence-electron chi connectivity index (χ3n) is 3.36. The molecule has 0 amide bonds. The molecule has 0 saturated carbocycles. The molecule has 0 aliphatic heterocycles. The molecule has 7 heteroatoms. The van der Waals surface area contributed by atoms with Crippen molar-refractivity contribution in [2.45, 2.75) is 10.9 Å². The van der Waals surface area contributed by atoms with E-state index in [9.17, 15) is 4.39 Å². The van der Waals surface area contributed by atoms with Crippen LogP contribution in [0.1, 0.15) is 5.56 Å². The van der Waals surface area contributed by atoms with Crippen LogP contribution in [0.3, 0.4) is 0 Å². The SMILES string of the molecule is Cn1c(SCc2c(F)cccc2Cl)nnc1-c1ccccc1Cl. The van der Waals surface area contributed by atoms with Crippen LogP contribution in [0.5, 0.6) is 0 Å². The molecule has 0 atom stereocenters. The third kappa shape index (κ3) is 3.37. The van der Waals surface area contributed by atoms with Crippen LogP contribution in [0.4, 0.5) is 4.39 Å². The van der Waals surface area contributed by atoms with Crippen LogP contribution >= 0.6 is 35.0 Å². The molecule has 0 aliphatic rings. The van der Waals surface area contributed by atoms with Crippen LogP contribution in [-0.2, 0) is 12.8 Å². The number of hydrogen-bond acceptors (Lipinski definition) is 3. The number of rotatable bonds is 4. The molecular formula is C16H12Cl2FN3S. The second-order valence-corrected chi connectivity index (χ2v) is 6.59. The lowest BCUT2D eigenvalue weighted by Crippen LogP contribution is -1.96. The van der Waals surface area contributed by atoms with Crippen molar-refractivity contribution < 1.29 is 4.39 Å². The normalized spacial score (nSPS) is 11.0. The van der Waals surface area contributed by atoms with Gasteiger partial charge in [0.15, 0.2) is 11.0 Å². The quantitative estimate of drug-likeness (QED) is 0.592. The second-order valence-electron chi connectivity index (χ2n) is 4.83. The summed E-state index contributed by atoms with van der Waals surface area (Å²) in [6.07, 6.45) is 0. The van der Waals surface area contributed by atoms with Crippen LogP contribution < -0.4 is 0 Å². The third-order valence-corrected chi connectivity index (χ3v) is 5.09. The highest BCUT2D eigenvalue weighted by Crippen LogP contribution is 2.31. The van der Waals surface area contributed by atoms with Crippen molar-refractivity contribution >= 4 is 35.0 Å². The molecule has 0 radical (unpaired) electrons. The zero-order chi connectivity index (χ0) is 16.4. The van der Waals surface area contributed by atoms with E-state index in [-0.39, 0.29) is 5.82 Å². The van der Waals surface area contributed by atoms with Gasteiger partial charge in [-0.15, -0.1) is 10.2 Å². The number of hydrogen-bond donors (Lipinski definition) is 0. The minimum Gasteiger partial charge on any atom is -0.305 e. The lowest BCUT2D eigenvalue weighted by atomic mass is 10.2. The summed E-state index contributed by atoms with van der Waals surface area (Å²) in [4.78, 5) is 0. The number of thioether (sulfide) groups is 1. The van der Waals surface area contributed by atoms with E-state index >= 15 is 0 Å². The Morgan fingerprint density at radius 3 is 2.52 bits per heavy atom. The lowest BCUT2D eigenvalue weighted by molar-refractivity contribution is 0.617. The Labute approximate surface area is 147 Å². The summed E-state index contributed by atoms with van der Waals surface area (Å²) in [5.41, 5.74) is 1.27. The van der Waals surface area contributed by atoms with Gasteiger partial charge in [0, 0.05) is 29.0 Å². The fourth-order valence-electron chi connectivity index (χ4n) is 2.12. The first-order valence-corrected chi connectivity index (χ1v) is 8.52. The van der Waals surface area contributed by atoms with E-state index in [1.807, 2.05) is 29.8 Å². The predicted molar refractivity (Wildman–Crippen MR) is 92.4 cm³/mol. The van der Waals surface area contributed by atoms with Gasteiger partial charge < -0.3 is 4.57 Å². The molecule has 118 valence electrons. The first-order chi connectivity index (χ1) is 11.1. The molecule has 0 spiro atoms. The average molecular weight is 368 g/mol. The summed E-state index contributed by atoms with van der Waals surface area (Å²) in [6, 6.07) is 12.1. The monoisotopic (exact) mass is 367 g/mol. The number of benzene rings is 2. The van der Waals surface area contributed by atoms with E-state index in [0.29, 0.717) is 32.3 Å². The van der Waals surface area contributed by atoms with Gasteiger partial charge in [-0.3, -0.25) is 0 Å². The molecule has 0 saturated heterocycles. The minimum atomic E-state index is -0.321. The summed E-state index contributed by atoms with van der Waals surface area (Å²) < 4.78 is 15.7. The van der Waals surface area contributed by atoms with E-state index in [4.69, 9.17) is 23.2 Å². The maximum absolute atomic E-state index is 13.8. The topological polar surface area (TPSA) is 30.7 Å². The summed E-state index contributed by atoms with van der Waals surface area (Å²) in [5, 5.41) is 10.0. The Morgan fingerprint density at radius 1 is 1.04 bits per heavy atom. The van der Waals surface area contributed by atoms with E-state index in [1.165, 1.54) is 17.8 Å². The Kier molecular flexibility index (Phi) is 4.90. The van der Waals surface area contributed by atoms with Crippen molar-refractivity contribution in [1.82, 2.24) is 14.8 Å². The molecule has 0 unspecified atom stereocenters. The van der Waals surface area contributed by atoms with Crippen LogP contribution in [0, 0.1) is 5.82 Å². The van der Waals surface area contributed by atoms with Gasteiger partial charge in [0.05, 0.1) is 5.02 Å². The van der Waals surface area contributed by atoms with Crippen molar-refractivity contribution in [2.75, 3.05) is 0 Å². The number of nitrogens with zero attached hydrogens (tertiary/aromatic N) is 3. The standard InChI is InChI=1S/C16H12Cl2FN3S/c1-22-15(10-5-2-3-6-12(10)17)20-21-16(22)23-9-11-13(18)7-4-8-14(11)19/h2-8H,9H2,1H3. The van der Waals surface area contributed by atoms with Gasteiger partial charge in [-0.2, -0.15) is 0 Å². The summed E-state index contributed by atoms with van der Waals surface area (Å²) in [6.45, 7) is 0. The zero-order valence-electron chi connectivity index (χ0n) is 12.1. The fraction of sp³-hybridized carbons (Fsp3) is 0.125. The van der Waals surface area contributed by atoms with Gasteiger partial charge >= 0.3 is 0 Å². The van der Waals surface area contributed by atoms with Gasteiger partial charge in [0.25, 0.3) is 0 Å². The molecular weight excluding hydrogens is 356 g/mol. The van der Waals surface area contributed by atoms with Crippen LogP contribution in [0.2, 0.25) is 10.0 Å². The highest BCUT2D eigenvalue weighted by atomic mass is 35.5. The van der Waals surface area contributed by atoms with Gasteiger partial charge in [-0.1, -0.05) is 53.2 Å². The van der Waals surface area contributed by atoms with E-state index in [1.54, 1.807) is 18.2 Å².